The Hall–Kier alpha value is -4.01. The molecule has 4 aromatic rings. The molecule has 0 radical (unpaired) electrons. The molecule has 0 bridgehead atoms. The van der Waals surface area contributed by atoms with Crippen molar-refractivity contribution in [2.75, 3.05) is 31.6 Å². The first-order valence-corrected chi connectivity index (χ1v) is 11.1. The Bertz CT molecular complexity index is 1310. The SMILES string of the molecule is C=CC(=O)Nc1cccc(Oc2ncnc3[nH]c(-c4ccc(CN5CCOCC5)cc4)cc23)c1. The van der Waals surface area contributed by atoms with Gasteiger partial charge in [0, 0.05) is 37.1 Å². The third-order valence-corrected chi connectivity index (χ3v) is 5.67. The largest absolute Gasteiger partial charge is 0.438 e. The summed E-state index contributed by atoms with van der Waals surface area (Å²) in [7, 11) is 0. The molecular weight excluding hydrogens is 430 g/mol. The maximum Gasteiger partial charge on any atom is 0.247 e. The lowest BCUT2D eigenvalue weighted by Gasteiger charge is -2.26. The first kappa shape index (κ1) is 21.8. The Morgan fingerprint density at radius 1 is 1.15 bits per heavy atom. The van der Waals surface area contributed by atoms with E-state index < -0.39 is 0 Å². The molecule has 34 heavy (non-hydrogen) atoms. The van der Waals surface area contributed by atoms with Crippen LogP contribution in [0.3, 0.4) is 0 Å². The molecule has 1 amide bonds. The van der Waals surface area contributed by atoms with Gasteiger partial charge in [0.15, 0.2) is 0 Å². The smallest absolute Gasteiger partial charge is 0.247 e. The second kappa shape index (κ2) is 9.86. The van der Waals surface area contributed by atoms with Crippen molar-refractivity contribution in [3.8, 4) is 22.9 Å². The van der Waals surface area contributed by atoms with E-state index in [2.05, 4.69) is 56.0 Å². The second-order valence-electron chi connectivity index (χ2n) is 8.03. The number of H-pyrrole nitrogens is 1. The highest BCUT2D eigenvalue weighted by atomic mass is 16.5. The fourth-order valence-electron chi connectivity index (χ4n) is 3.90. The summed E-state index contributed by atoms with van der Waals surface area (Å²) in [5.74, 6) is 0.702. The number of nitrogens with one attached hydrogen (secondary N) is 2. The first-order chi connectivity index (χ1) is 16.7. The van der Waals surface area contributed by atoms with Gasteiger partial charge in [0.25, 0.3) is 0 Å². The third-order valence-electron chi connectivity index (χ3n) is 5.67. The van der Waals surface area contributed by atoms with Gasteiger partial charge in [-0.3, -0.25) is 9.69 Å². The van der Waals surface area contributed by atoms with Gasteiger partial charge in [-0.25, -0.2) is 9.97 Å². The van der Waals surface area contributed by atoms with Crippen molar-refractivity contribution >= 4 is 22.6 Å². The van der Waals surface area contributed by atoms with Crippen LogP contribution in [0.15, 0.2) is 73.6 Å². The van der Waals surface area contributed by atoms with Gasteiger partial charge in [-0.2, -0.15) is 0 Å². The maximum absolute atomic E-state index is 11.6. The van der Waals surface area contributed by atoms with E-state index in [1.807, 2.05) is 6.07 Å². The van der Waals surface area contributed by atoms with Crippen LogP contribution in [0.25, 0.3) is 22.3 Å². The van der Waals surface area contributed by atoms with Gasteiger partial charge < -0.3 is 19.8 Å². The number of carbonyl (C=O) groups excluding carboxylic acids is 1. The van der Waals surface area contributed by atoms with Crippen LogP contribution in [-0.4, -0.2) is 52.1 Å². The van der Waals surface area contributed by atoms with E-state index in [9.17, 15) is 4.79 Å². The molecule has 172 valence electrons. The Kier molecular flexibility index (Phi) is 6.33. The highest BCUT2D eigenvalue weighted by Gasteiger charge is 2.13. The van der Waals surface area contributed by atoms with Crippen molar-refractivity contribution in [2.24, 2.45) is 0 Å². The van der Waals surface area contributed by atoms with Crippen LogP contribution in [0.5, 0.6) is 11.6 Å². The van der Waals surface area contributed by atoms with E-state index in [0.717, 1.165) is 49.5 Å². The highest BCUT2D eigenvalue weighted by Crippen LogP contribution is 2.31. The van der Waals surface area contributed by atoms with Gasteiger partial charge in [0.1, 0.15) is 17.7 Å². The van der Waals surface area contributed by atoms with E-state index in [1.165, 1.54) is 18.0 Å². The average molecular weight is 456 g/mol. The quantitative estimate of drug-likeness (QED) is 0.402. The van der Waals surface area contributed by atoms with Crippen LogP contribution < -0.4 is 10.1 Å². The van der Waals surface area contributed by atoms with Crippen molar-refractivity contribution in [1.82, 2.24) is 19.9 Å². The molecule has 0 unspecified atom stereocenters. The molecule has 0 saturated carbocycles. The van der Waals surface area contributed by atoms with Gasteiger partial charge in [0.2, 0.25) is 11.8 Å². The van der Waals surface area contributed by atoms with Crippen molar-refractivity contribution in [3.63, 3.8) is 0 Å². The predicted molar refractivity (Wildman–Crippen MR) is 131 cm³/mol. The number of morpholine rings is 1. The van der Waals surface area contributed by atoms with Gasteiger partial charge in [0.05, 0.1) is 18.6 Å². The second-order valence-corrected chi connectivity index (χ2v) is 8.03. The van der Waals surface area contributed by atoms with Crippen molar-refractivity contribution in [1.29, 1.82) is 0 Å². The fraction of sp³-hybridized carbons (Fsp3) is 0.192. The van der Waals surface area contributed by atoms with Crippen LogP contribution in [0.4, 0.5) is 5.69 Å². The predicted octanol–water partition coefficient (Wildman–Crippen LogP) is 4.37. The topological polar surface area (TPSA) is 92.4 Å². The van der Waals surface area contributed by atoms with Gasteiger partial charge in [-0.15, -0.1) is 0 Å². The summed E-state index contributed by atoms with van der Waals surface area (Å²) in [5.41, 5.74) is 4.57. The molecule has 1 fully saturated rings. The third kappa shape index (κ3) is 4.98. The zero-order chi connectivity index (χ0) is 23.3. The van der Waals surface area contributed by atoms with Gasteiger partial charge >= 0.3 is 0 Å². The molecule has 1 aliphatic rings. The summed E-state index contributed by atoms with van der Waals surface area (Å²) in [6.07, 6.45) is 2.69. The molecule has 8 heteroatoms. The molecule has 0 aliphatic carbocycles. The van der Waals surface area contributed by atoms with Crippen LogP contribution in [0.1, 0.15) is 5.56 Å². The Morgan fingerprint density at radius 2 is 1.97 bits per heavy atom. The summed E-state index contributed by atoms with van der Waals surface area (Å²) >= 11 is 0. The lowest BCUT2D eigenvalue weighted by molar-refractivity contribution is -0.111. The van der Waals surface area contributed by atoms with Gasteiger partial charge in [-0.1, -0.05) is 36.9 Å². The number of anilines is 1. The van der Waals surface area contributed by atoms with E-state index in [1.54, 1.807) is 24.3 Å². The van der Waals surface area contributed by atoms with Crippen molar-refractivity contribution in [3.05, 3.63) is 79.1 Å². The molecule has 5 rings (SSSR count). The molecule has 0 atom stereocenters. The number of hydrogen-bond acceptors (Lipinski definition) is 6. The summed E-state index contributed by atoms with van der Waals surface area (Å²) in [4.78, 5) is 26.0. The number of aromatic amines is 1. The number of amides is 1. The lowest BCUT2D eigenvalue weighted by atomic mass is 10.1. The number of fused-ring (bicyclic) bond motifs is 1. The van der Waals surface area contributed by atoms with Crippen LogP contribution in [-0.2, 0) is 16.1 Å². The molecule has 0 spiro atoms. The summed E-state index contributed by atoms with van der Waals surface area (Å²) in [6, 6.07) is 17.6. The zero-order valence-corrected chi connectivity index (χ0v) is 18.7. The Labute approximate surface area is 197 Å². The molecule has 1 aliphatic heterocycles. The normalized spacial score (nSPS) is 14.1. The van der Waals surface area contributed by atoms with E-state index in [4.69, 9.17) is 9.47 Å². The standard InChI is InChI=1S/C26H25N5O3/c1-2-24(32)29-20-4-3-5-21(14-20)34-26-22-15-23(30-25(22)27-17-28-26)19-8-6-18(7-9-19)16-31-10-12-33-13-11-31/h2-9,14-15,17H,1,10-13,16H2,(H,29,32)(H,27,28,30). The molecule has 2 N–H and O–H groups in total. The molecule has 2 aromatic carbocycles. The molecule has 8 nitrogen and oxygen atoms in total. The highest BCUT2D eigenvalue weighted by molar-refractivity contribution is 5.99. The number of hydrogen-bond donors (Lipinski definition) is 2. The minimum absolute atomic E-state index is 0.284. The molecule has 1 saturated heterocycles. The number of carbonyl (C=O) groups is 1. The number of benzene rings is 2. The van der Waals surface area contributed by atoms with E-state index >= 15 is 0 Å². The summed E-state index contributed by atoms with van der Waals surface area (Å²) in [6.45, 7) is 7.92. The summed E-state index contributed by atoms with van der Waals surface area (Å²) in [5, 5.41) is 3.50. The zero-order valence-electron chi connectivity index (χ0n) is 18.7. The Balaban J connectivity index is 1.35. The molecular formula is C26H25N5O3. The van der Waals surface area contributed by atoms with Crippen LogP contribution >= 0.6 is 0 Å². The number of aromatic nitrogens is 3. The maximum atomic E-state index is 11.6. The van der Waals surface area contributed by atoms with Crippen LogP contribution in [0.2, 0.25) is 0 Å². The van der Waals surface area contributed by atoms with E-state index in [0.29, 0.717) is 23.0 Å². The Morgan fingerprint density at radius 3 is 2.76 bits per heavy atom. The minimum atomic E-state index is -0.284. The van der Waals surface area contributed by atoms with Gasteiger partial charge in [-0.05, 0) is 35.4 Å². The van der Waals surface area contributed by atoms with Crippen LogP contribution in [0, 0.1) is 0 Å². The number of nitrogens with zero attached hydrogens (tertiary/aromatic N) is 3. The molecule has 2 aromatic heterocycles. The van der Waals surface area contributed by atoms with Crippen molar-refractivity contribution < 1.29 is 14.3 Å². The fourth-order valence-corrected chi connectivity index (χ4v) is 3.90. The lowest BCUT2D eigenvalue weighted by Crippen LogP contribution is -2.35. The minimum Gasteiger partial charge on any atom is -0.438 e. The van der Waals surface area contributed by atoms with E-state index in [-0.39, 0.29) is 5.91 Å². The van der Waals surface area contributed by atoms with Crippen molar-refractivity contribution in [2.45, 2.75) is 6.54 Å². The number of ether oxygens (including phenoxy) is 2. The monoisotopic (exact) mass is 455 g/mol. The first-order valence-electron chi connectivity index (χ1n) is 11.1. The number of rotatable bonds is 7. The molecule has 3 heterocycles. The average Bonchev–Trinajstić information content (AvgIpc) is 3.31. The summed E-state index contributed by atoms with van der Waals surface area (Å²) < 4.78 is 11.5.